The van der Waals surface area contributed by atoms with E-state index in [4.69, 9.17) is 10.00 Å². The summed E-state index contributed by atoms with van der Waals surface area (Å²) in [5.74, 6) is 0.754. The van der Waals surface area contributed by atoms with Gasteiger partial charge in [-0.3, -0.25) is 0 Å². The van der Waals surface area contributed by atoms with E-state index in [9.17, 15) is 4.79 Å². The summed E-state index contributed by atoms with van der Waals surface area (Å²) in [5.41, 5.74) is 4.57. The lowest BCUT2D eigenvalue weighted by Gasteiger charge is -2.08. The predicted octanol–water partition coefficient (Wildman–Crippen LogP) is 6.42. The Bertz CT molecular complexity index is 979. The first-order valence-electron chi connectivity index (χ1n) is 9.97. The van der Waals surface area contributed by atoms with E-state index >= 15 is 0 Å². The number of esters is 1. The molecular weight excluding hydrogens is 358 g/mol. The summed E-state index contributed by atoms with van der Waals surface area (Å²) in [7, 11) is 0. The second kappa shape index (κ2) is 9.71. The second-order valence-electron chi connectivity index (χ2n) is 7.59. The van der Waals surface area contributed by atoms with E-state index in [0.29, 0.717) is 16.9 Å². The second-order valence-corrected chi connectivity index (χ2v) is 7.59. The Balaban J connectivity index is 1.61. The van der Waals surface area contributed by atoms with Gasteiger partial charge in [-0.25, -0.2) is 4.79 Å². The molecule has 0 heterocycles. The van der Waals surface area contributed by atoms with Crippen molar-refractivity contribution < 1.29 is 9.53 Å². The van der Waals surface area contributed by atoms with Crippen LogP contribution in [0.4, 0.5) is 0 Å². The van der Waals surface area contributed by atoms with Crippen LogP contribution < -0.4 is 4.74 Å². The van der Waals surface area contributed by atoms with Crippen molar-refractivity contribution in [2.45, 2.75) is 33.1 Å². The van der Waals surface area contributed by atoms with E-state index in [0.717, 1.165) is 23.5 Å². The van der Waals surface area contributed by atoms with Crippen molar-refractivity contribution >= 4 is 5.97 Å². The summed E-state index contributed by atoms with van der Waals surface area (Å²) in [6, 6.07) is 24.6. The third-order valence-electron chi connectivity index (χ3n) is 4.85. The molecule has 0 aliphatic heterocycles. The molecule has 0 bridgehead atoms. The maximum Gasteiger partial charge on any atom is 0.343 e. The fourth-order valence-corrected chi connectivity index (χ4v) is 3.14. The number of rotatable bonds is 7. The van der Waals surface area contributed by atoms with Crippen LogP contribution >= 0.6 is 0 Å². The number of carbonyl (C=O) groups is 1. The number of aryl methyl sites for hydroxylation is 1. The molecule has 0 saturated carbocycles. The molecule has 29 heavy (non-hydrogen) atoms. The molecule has 0 amide bonds. The molecule has 3 nitrogen and oxygen atoms in total. The number of benzene rings is 3. The Morgan fingerprint density at radius 3 is 2.03 bits per heavy atom. The molecule has 0 unspecified atom stereocenters. The van der Waals surface area contributed by atoms with E-state index in [1.807, 2.05) is 18.2 Å². The van der Waals surface area contributed by atoms with Crippen LogP contribution in [0, 0.1) is 17.2 Å². The molecule has 3 rings (SSSR count). The zero-order chi connectivity index (χ0) is 20.6. The van der Waals surface area contributed by atoms with Crippen LogP contribution in [0.15, 0.2) is 72.8 Å². The van der Waals surface area contributed by atoms with E-state index in [1.165, 1.54) is 18.4 Å². The molecule has 146 valence electrons. The number of nitrogens with zero attached hydrogens (tertiary/aromatic N) is 1. The molecule has 3 aromatic rings. The van der Waals surface area contributed by atoms with Gasteiger partial charge in [0.1, 0.15) is 5.75 Å². The topological polar surface area (TPSA) is 50.1 Å². The lowest BCUT2D eigenvalue weighted by molar-refractivity contribution is 0.0735. The molecule has 0 atom stereocenters. The van der Waals surface area contributed by atoms with Gasteiger partial charge in [0.05, 0.1) is 17.2 Å². The Labute approximate surface area is 172 Å². The average Bonchev–Trinajstić information content (AvgIpc) is 2.74. The molecule has 0 spiro atoms. The molecule has 3 heteroatoms. The normalized spacial score (nSPS) is 10.6. The summed E-state index contributed by atoms with van der Waals surface area (Å²) in [4.78, 5) is 12.3. The fourth-order valence-electron chi connectivity index (χ4n) is 3.14. The summed E-state index contributed by atoms with van der Waals surface area (Å²) < 4.78 is 5.37. The van der Waals surface area contributed by atoms with Gasteiger partial charge >= 0.3 is 5.97 Å². The number of nitriles is 1. The Kier molecular flexibility index (Phi) is 6.81. The van der Waals surface area contributed by atoms with Gasteiger partial charge < -0.3 is 4.74 Å². The fraction of sp³-hybridized carbons (Fsp3) is 0.231. The maximum atomic E-state index is 12.3. The van der Waals surface area contributed by atoms with Crippen molar-refractivity contribution in [2.75, 3.05) is 0 Å². The highest BCUT2D eigenvalue weighted by atomic mass is 16.5. The first-order chi connectivity index (χ1) is 14.0. The van der Waals surface area contributed by atoms with Crippen LogP contribution in [-0.4, -0.2) is 5.97 Å². The van der Waals surface area contributed by atoms with Gasteiger partial charge in [0.15, 0.2) is 0 Å². The van der Waals surface area contributed by atoms with E-state index in [2.05, 4.69) is 38.1 Å². The summed E-state index contributed by atoms with van der Waals surface area (Å²) in [6.45, 7) is 4.51. The third kappa shape index (κ3) is 5.80. The minimum atomic E-state index is -0.415. The van der Waals surface area contributed by atoms with Crippen molar-refractivity contribution in [2.24, 2.45) is 5.92 Å². The molecule has 3 aromatic carbocycles. The monoisotopic (exact) mass is 383 g/mol. The minimum absolute atomic E-state index is 0.415. The van der Waals surface area contributed by atoms with E-state index in [-0.39, 0.29) is 0 Å². The van der Waals surface area contributed by atoms with E-state index in [1.54, 1.807) is 36.4 Å². The number of hydrogen-bond acceptors (Lipinski definition) is 3. The molecule has 0 radical (unpaired) electrons. The van der Waals surface area contributed by atoms with Crippen molar-refractivity contribution in [1.82, 2.24) is 0 Å². The largest absolute Gasteiger partial charge is 0.423 e. The summed E-state index contributed by atoms with van der Waals surface area (Å²) in [5, 5.41) is 8.82. The SMILES string of the molecule is CC(C)CCCc1ccc(-c2ccc(C(=O)Oc3ccc(C#N)cc3)cc2)cc1. The van der Waals surface area contributed by atoms with Crippen LogP contribution in [0.25, 0.3) is 11.1 Å². The Morgan fingerprint density at radius 2 is 1.48 bits per heavy atom. The molecular formula is C26H25NO2. The van der Waals surface area contributed by atoms with Gasteiger partial charge in [-0.15, -0.1) is 0 Å². The quantitative estimate of drug-likeness (QED) is 0.349. The Morgan fingerprint density at radius 1 is 0.897 bits per heavy atom. The molecule has 0 aliphatic carbocycles. The molecule has 0 aromatic heterocycles. The predicted molar refractivity (Wildman–Crippen MR) is 116 cm³/mol. The van der Waals surface area contributed by atoms with Crippen LogP contribution in [0.2, 0.25) is 0 Å². The molecule has 0 aliphatic rings. The first kappa shape index (κ1) is 20.4. The van der Waals surface area contributed by atoms with Gasteiger partial charge in [-0.2, -0.15) is 5.26 Å². The van der Waals surface area contributed by atoms with Crippen molar-refractivity contribution in [3.05, 3.63) is 89.5 Å². The average molecular weight is 383 g/mol. The summed E-state index contributed by atoms with van der Waals surface area (Å²) >= 11 is 0. The zero-order valence-corrected chi connectivity index (χ0v) is 16.9. The van der Waals surface area contributed by atoms with Crippen molar-refractivity contribution in [3.63, 3.8) is 0 Å². The van der Waals surface area contributed by atoms with Crippen LogP contribution in [0.5, 0.6) is 5.75 Å². The van der Waals surface area contributed by atoms with Gasteiger partial charge in [0, 0.05) is 0 Å². The van der Waals surface area contributed by atoms with Gasteiger partial charge in [-0.05, 0) is 71.8 Å². The molecule has 0 fully saturated rings. The van der Waals surface area contributed by atoms with Crippen molar-refractivity contribution in [3.8, 4) is 22.9 Å². The standard InChI is InChI=1S/C26H25NO2/c1-19(2)4-3-5-20-6-10-22(11-7-20)23-12-14-24(15-13-23)26(28)29-25-16-8-21(18-27)9-17-25/h6-17,19H,3-5H2,1-2H3. The Hall–Kier alpha value is -3.38. The van der Waals surface area contributed by atoms with Crippen LogP contribution in [-0.2, 0) is 6.42 Å². The van der Waals surface area contributed by atoms with Crippen LogP contribution in [0.3, 0.4) is 0 Å². The number of hydrogen-bond donors (Lipinski definition) is 0. The lowest BCUT2D eigenvalue weighted by atomic mass is 9.99. The van der Waals surface area contributed by atoms with Gasteiger partial charge in [0.25, 0.3) is 0 Å². The minimum Gasteiger partial charge on any atom is -0.423 e. The smallest absolute Gasteiger partial charge is 0.343 e. The summed E-state index contributed by atoms with van der Waals surface area (Å²) in [6.07, 6.45) is 3.58. The van der Waals surface area contributed by atoms with Gasteiger partial charge in [-0.1, -0.05) is 56.7 Å². The lowest BCUT2D eigenvalue weighted by Crippen LogP contribution is -2.08. The number of carbonyl (C=O) groups excluding carboxylic acids is 1. The van der Waals surface area contributed by atoms with Gasteiger partial charge in [0.2, 0.25) is 0 Å². The van der Waals surface area contributed by atoms with Crippen LogP contribution in [0.1, 0.15) is 48.2 Å². The highest BCUT2D eigenvalue weighted by molar-refractivity contribution is 5.91. The zero-order valence-electron chi connectivity index (χ0n) is 16.9. The maximum absolute atomic E-state index is 12.3. The first-order valence-corrected chi connectivity index (χ1v) is 9.97. The molecule has 0 N–H and O–H groups in total. The van der Waals surface area contributed by atoms with E-state index < -0.39 is 5.97 Å². The third-order valence-corrected chi connectivity index (χ3v) is 4.85. The highest BCUT2D eigenvalue weighted by Crippen LogP contribution is 2.22. The van der Waals surface area contributed by atoms with Crippen molar-refractivity contribution in [1.29, 1.82) is 5.26 Å². The number of ether oxygens (including phenoxy) is 1. The highest BCUT2D eigenvalue weighted by Gasteiger charge is 2.09. The molecule has 0 saturated heterocycles.